The highest BCUT2D eigenvalue weighted by Gasteiger charge is 2.33. The molecule has 0 fully saturated rings. The molecular formula is C12H8F3IN2O2S. The lowest BCUT2D eigenvalue weighted by molar-refractivity contribution is -0.141. The van der Waals surface area contributed by atoms with Crippen molar-refractivity contribution in [2.75, 3.05) is 4.72 Å². The number of anilines is 1. The second kappa shape index (κ2) is 5.79. The lowest BCUT2D eigenvalue weighted by Crippen LogP contribution is -2.15. The third kappa shape index (κ3) is 3.84. The van der Waals surface area contributed by atoms with Gasteiger partial charge in [-0.3, -0.25) is 9.71 Å². The minimum Gasteiger partial charge on any atom is -0.278 e. The van der Waals surface area contributed by atoms with E-state index in [0.29, 0.717) is 6.07 Å². The SMILES string of the molecule is O=S(=O)(Nc1cc(C(F)(F)F)ncc1I)c1ccccc1. The fourth-order valence-corrected chi connectivity index (χ4v) is 3.18. The fourth-order valence-electron chi connectivity index (χ4n) is 1.48. The number of aromatic nitrogens is 1. The maximum Gasteiger partial charge on any atom is 0.433 e. The summed E-state index contributed by atoms with van der Waals surface area (Å²) in [5.74, 6) is 0. The average molecular weight is 428 g/mol. The van der Waals surface area contributed by atoms with Gasteiger partial charge in [-0.05, 0) is 40.8 Å². The summed E-state index contributed by atoms with van der Waals surface area (Å²) < 4.78 is 64.4. The molecule has 0 aliphatic carbocycles. The molecular weight excluding hydrogens is 420 g/mol. The van der Waals surface area contributed by atoms with Crippen LogP contribution < -0.4 is 4.72 Å². The predicted octanol–water partition coefficient (Wildman–Crippen LogP) is 3.51. The number of hydrogen-bond acceptors (Lipinski definition) is 3. The van der Waals surface area contributed by atoms with E-state index in [1.807, 2.05) is 0 Å². The quantitative estimate of drug-likeness (QED) is 0.762. The zero-order valence-electron chi connectivity index (χ0n) is 10.2. The molecule has 0 aliphatic rings. The normalized spacial score (nSPS) is 12.2. The maximum atomic E-state index is 12.6. The van der Waals surface area contributed by atoms with E-state index in [1.54, 1.807) is 28.7 Å². The second-order valence-electron chi connectivity index (χ2n) is 3.97. The van der Waals surface area contributed by atoms with Crippen LogP contribution in [0.5, 0.6) is 0 Å². The number of nitrogens with one attached hydrogen (secondary N) is 1. The Bertz CT molecular complexity index is 749. The van der Waals surface area contributed by atoms with Crippen LogP contribution >= 0.6 is 22.6 Å². The van der Waals surface area contributed by atoms with Crippen LogP contribution in [0.2, 0.25) is 0 Å². The highest BCUT2D eigenvalue weighted by Crippen LogP contribution is 2.31. The molecule has 21 heavy (non-hydrogen) atoms. The van der Waals surface area contributed by atoms with Gasteiger partial charge in [-0.2, -0.15) is 13.2 Å². The largest absolute Gasteiger partial charge is 0.433 e. The third-order valence-corrected chi connectivity index (χ3v) is 4.68. The first-order valence-corrected chi connectivity index (χ1v) is 8.07. The molecule has 1 heterocycles. The summed E-state index contributed by atoms with van der Waals surface area (Å²) in [7, 11) is -3.95. The van der Waals surface area contributed by atoms with Crippen molar-refractivity contribution in [3.63, 3.8) is 0 Å². The molecule has 0 bridgehead atoms. The van der Waals surface area contributed by atoms with Crippen molar-refractivity contribution in [1.82, 2.24) is 4.98 Å². The molecule has 0 unspecified atom stereocenters. The van der Waals surface area contributed by atoms with Crippen LogP contribution in [-0.2, 0) is 16.2 Å². The molecule has 9 heteroatoms. The Balaban J connectivity index is 2.40. The van der Waals surface area contributed by atoms with Crippen LogP contribution in [0.4, 0.5) is 18.9 Å². The van der Waals surface area contributed by atoms with Gasteiger partial charge in [0.05, 0.1) is 14.2 Å². The molecule has 0 spiro atoms. The molecule has 1 aromatic carbocycles. The van der Waals surface area contributed by atoms with E-state index in [4.69, 9.17) is 0 Å². The lowest BCUT2D eigenvalue weighted by atomic mass is 10.3. The summed E-state index contributed by atoms with van der Waals surface area (Å²) in [4.78, 5) is 3.21. The van der Waals surface area contributed by atoms with E-state index in [1.165, 1.54) is 24.3 Å². The van der Waals surface area contributed by atoms with E-state index < -0.39 is 21.9 Å². The molecule has 2 aromatic rings. The number of hydrogen-bond donors (Lipinski definition) is 1. The van der Waals surface area contributed by atoms with Crippen molar-refractivity contribution < 1.29 is 21.6 Å². The van der Waals surface area contributed by atoms with Crippen molar-refractivity contribution in [2.45, 2.75) is 11.1 Å². The van der Waals surface area contributed by atoms with Crippen LogP contribution in [0.3, 0.4) is 0 Å². The fraction of sp³-hybridized carbons (Fsp3) is 0.0833. The van der Waals surface area contributed by atoms with Crippen LogP contribution in [0.15, 0.2) is 47.5 Å². The molecule has 0 atom stereocenters. The van der Waals surface area contributed by atoms with Gasteiger partial charge >= 0.3 is 6.18 Å². The van der Waals surface area contributed by atoms with Crippen LogP contribution in [0.1, 0.15) is 5.69 Å². The molecule has 0 saturated carbocycles. The van der Waals surface area contributed by atoms with Crippen LogP contribution in [-0.4, -0.2) is 13.4 Å². The highest BCUT2D eigenvalue weighted by molar-refractivity contribution is 14.1. The number of halogens is 4. The van der Waals surface area contributed by atoms with Crippen LogP contribution in [0.25, 0.3) is 0 Å². The van der Waals surface area contributed by atoms with E-state index in [2.05, 4.69) is 9.71 Å². The van der Waals surface area contributed by atoms with E-state index in [0.717, 1.165) is 6.20 Å². The Morgan fingerprint density at radius 2 is 1.76 bits per heavy atom. The minimum absolute atomic E-state index is 0.0360. The van der Waals surface area contributed by atoms with Gasteiger partial charge < -0.3 is 0 Å². The summed E-state index contributed by atoms with van der Waals surface area (Å²) in [5, 5.41) is 0. The van der Waals surface area contributed by atoms with Crippen molar-refractivity contribution in [2.24, 2.45) is 0 Å². The number of rotatable bonds is 3. The van der Waals surface area contributed by atoms with Gasteiger partial charge in [-0.25, -0.2) is 8.42 Å². The standard InChI is InChI=1S/C12H8F3IN2O2S/c13-12(14,15)11-6-10(9(16)7-17-11)18-21(19,20)8-4-2-1-3-5-8/h1-7H,(H,17,18). The highest BCUT2D eigenvalue weighted by atomic mass is 127. The lowest BCUT2D eigenvalue weighted by Gasteiger charge is -2.12. The van der Waals surface area contributed by atoms with Gasteiger partial charge in [-0.15, -0.1) is 0 Å². The van der Waals surface area contributed by atoms with Gasteiger partial charge in [0.15, 0.2) is 0 Å². The monoisotopic (exact) mass is 428 g/mol. The Hall–Kier alpha value is -1.36. The van der Waals surface area contributed by atoms with Gasteiger partial charge in [0.25, 0.3) is 10.0 Å². The Morgan fingerprint density at radius 1 is 1.14 bits per heavy atom. The second-order valence-corrected chi connectivity index (χ2v) is 6.81. The zero-order valence-corrected chi connectivity index (χ0v) is 13.2. The van der Waals surface area contributed by atoms with Gasteiger partial charge in [0, 0.05) is 6.20 Å². The number of alkyl halides is 3. The van der Waals surface area contributed by atoms with Crippen molar-refractivity contribution in [3.8, 4) is 0 Å². The van der Waals surface area contributed by atoms with Crippen LogP contribution in [0, 0.1) is 3.57 Å². The summed E-state index contributed by atoms with van der Waals surface area (Å²) >= 11 is 1.71. The number of nitrogens with zero attached hydrogens (tertiary/aromatic N) is 1. The van der Waals surface area contributed by atoms with Crippen molar-refractivity contribution in [1.29, 1.82) is 0 Å². The molecule has 2 rings (SSSR count). The van der Waals surface area contributed by atoms with Gasteiger partial charge in [0.1, 0.15) is 5.69 Å². The van der Waals surface area contributed by atoms with E-state index >= 15 is 0 Å². The summed E-state index contributed by atoms with van der Waals surface area (Å²) in [6.45, 7) is 0. The third-order valence-electron chi connectivity index (χ3n) is 2.44. The molecule has 112 valence electrons. The van der Waals surface area contributed by atoms with Crippen molar-refractivity contribution >= 4 is 38.3 Å². The first-order valence-electron chi connectivity index (χ1n) is 5.51. The Labute approximate surface area is 132 Å². The number of pyridine rings is 1. The topological polar surface area (TPSA) is 59.1 Å². The zero-order chi connectivity index (χ0) is 15.7. The smallest absolute Gasteiger partial charge is 0.278 e. The molecule has 4 nitrogen and oxygen atoms in total. The number of sulfonamides is 1. The van der Waals surface area contributed by atoms with Crippen molar-refractivity contribution in [3.05, 3.63) is 51.9 Å². The average Bonchev–Trinajstić information content (AvgIpc) is 2.41. The first-order chi connectivity index (χ1) is 9.70. The molecule has 1 N–H and O–H groups in total. The summed E-state index contributed by atoms with van der Waals surface area (Å²) in [6.07, 6.45) is -3.68. The number of benzene rings is 1. The predicted molar refractivity (Wildman–Crippen MR) is 79.2 cm³/mol. The molecule has 0 aliphatic heterocycles. The minimum atomic E-state index is -4.64. The molecule has 0 amide bonds. The maximum absolute atomic E-state index is 12.6. The van der Waals surface area contributed by atoms with Gasteiger partial charge in [-0.1, -0.05) is 18.2 Å². The first kappa shape index (κ1) is 16.0. The molecule has 0 radical (unpaired) electrons. The Morgan fingerprint density at radius 3 is 2.33 bits per heavy atom. The molecule has 1 aromatic heterocycles. The summed E-state index contributed by atoms with van der Waals surface area (Å²) in [6, 6.07) is 8.04. The van der Waals surface area contributed by atoms with E-state index in [9.17, 15) is 21.6 Å². The molecule has 0 saturated heterocycles. The van der Waals surface area contributed by atoms with Gasteiger partial charge in [0.2, 0.25) is 0 Å². The Kier molecular flexibility index (Phi) is 4.42. The summed E-state index contributed by atoms with van der Waals surface area (Å²) in [5.41, 5.74) is -1.32. The van der Waals surface area contributed by atoms with E-state index in [-0.39, 0.29) is 14.2 Å².